The van der Waals surface area contributed by atoms with Crippen LogP contribution in [0.15, 0.2) is 35.6 Å². The van der Waals surface area contributed by atoms with Gasteiger partial charge in [0.15, 0.2) is 0 Å². The summed E-state index contributed by atoms with van der Waals surface area (Å²) in [6.07, 6.45) is -3.21. The van der Waals surface area contributed by atoms with Crippen LogP contribution in [0.5, 0.6) is 0 Å². The van der Waals surface area contributed by atoms with Crippen LogP contribution in [0.25, 0.3) is 11.0 Å². The van der Waals surface area contributed by atoms with Gasteiger partial charge in [0.1, 0.15) is 12.2 Å². The van der Waals surface area contributed by atoms with Crippen molar-refractivity contribution in [3.8, 4) is 0 Å². The zero-order valence-corrected chi connectivity index (χ0v) is 9.94. The molecule has 0 bridgehead atoms. The molecule has 0 atom stereocenters. The first-order valence-electron chi connectivity index (χ1n) is 5.47. The molecule has 0 amide bonds. The van der Waals surface area contributed by atoms with Crippen LogP contribution < -0.4 is 0 Å². The fourth-order valence-electron chi connectivity index (χ4n) is 1.73. The topological polar surface area (TPSA) is 30.2 Å². The Balaban J connectivity index is 2.60. The minimum Gasteiger partial charge on any atom is -0.286 e. The number of aromatic nitrogens is 2. The maximum atomic E-state index is 12.4. The van der Waals surface area contributed by atoms with Gasteiger partial charge in [-0.05, 0) is 12.1 Å². The first-order valence-corrected chi connectivity index (χ1v) is 5.47. The van der Waals surface area contributed by atoms with E-state index in [0.717, 1.165) is 0 Å². The lowest BCUT2D eigenvalue weighted by molar-refractivity contribution is -0.120. The van der Waals surface area contributed by atoms with Crippen molar-refractivity contribution < 1.29 is 13.2 Å². The van der Waals surface area contributed by atoms with Gasteiger partial charge in [0.2, 0.25) is 0 Å². The zero-order chi connectivity index (χ0) is 13.3. The molecule has 1 aromatic heterocycles. The Labute approximate surface area is 102 Å². The van der Waals surface area contributed by atoms with Gasteiger partial charge in [-0.2, -0.15) is 4.99 Å². The van der Waals surface area contributed by atoms with Crippen LogP contribution in [0.2, 0.25) is 0 Å². The molecule has 3 nitrogen and oxygen atoms in total. The summed E-state index contributed by atoms with van der Waals surface area (Å²) >= 11 is 0. The molecule has 0 aliphatic rings. The molecule has 6 heteroatoms. The van der Waals surface area contributed by atoms with E-state index in [0.29, 0.717) is 11.0 Å². The average Bonchev–Trinajstić information content (AvgIpc) is 2.68. The Morgan fingerprint density at radius 3 is 2.56 bits per heavy atom. The number of fused-ring (bicyclic) bond motifs is 1. The maximum Gasteiger partial charge on any atom is 0.504 e. The second-order valence-electron chi connectivity index (χ2n) is 4.20. The van der Waals surface area contributed by atoms with Crippen molar-refractivity contribution in [3.63, 3.8) is 0 Å². The van der Waals surface area contributed by atoms with E-state index >= 15 is 0 Å². The Kier molecular flexibility index (Phi) is 3.11. The molecule has 18 heavy (non-hydrogen) atoms. The van der Waals surface area contributed by atoms with Crippen LogP contribution in [0, 0.1) is 5.92 Å². The van der Waals surface area contributed by atoms with E-state index in [4.69, 9.17) is 0 Å². The first-order chi connectivity index (χ1) is 8.38. The molecular formula is C12H12F3N3. The molecule has 1 aromatic carbocycles. The van der Waals surface area contributed by atoms with Crippen LogP contribution in [0.3, 0.4) is 0 Å². The predicted octanol–water partition coefficient (Wildman–Crippen LogP) is 3.46. The molecule has 0 aliphatic heterocycles. The summed E-state index contributed by atoms with van der Waals surface area (Å²) in [6.45, 7) is 3.33. The number of nitrogens with zero attached hydrogens (tertiary/aromatic N) is 3. The molecule has 96 valence electrons. The number of rotatable bonds is 1. The van der Waals surface area contributed by atoms with E-state index in [1.54, 1.807) is 38.1 Å². The maximum absolute atomic E-state index is 12.4. The van der Waals surface area contributed by atoms with Crippen LogP contribution in [0.1, 0.15) is 13.8 Å². The van der Waals surface area contributed by atoms with Crippen molar-refractivity contribution in [3.05, 3.63) is 30.6 Å². The predicted molar refractivity (Wildman–Crippen MR) is 63.5 cm³/mol. The average molecular weight is 255 g/mol. The van der Waals surface area contributed by atoms with Gasteiger partial charge in [-0.3, -0.25) is 4.57 Å². The highest BCUT2D eigenvalue weighted by atomic mass is 19.4. The number of hydrogen-bond donors (Lipinski definition) is 0. The summed E-state index contributed by atoms with van der Waals surface area (Å²) in [6, 6.07) is 7.01. The third-order valence-corrected chi connectivity index (χ3v) is 2.46. The smallest absolute Gasteiger partial charge is 0.286 e. The molecule has 0 spiro atoms. The Morgan fingerprint density at radius 1 is 1.28 bits per heavy atom. The number of halogens is 3. The lowest BCUT2D eigenvalue weighted by atomic mass is 10.2. The van der Waals surface area contributed by atoms with Crippen LogP contribution >= 0.6 is 0 Å². The fourth-order valence-corrected chi connectivity index (χ4v) is 1.73. The molecule has 0 unspecified atom stereocenters. The normalized spacial score (nSPS) is 13.6. The Morgan fingerprint density at radius 2 is 1.94 bits per heavy atom. The zero-order valence-electron chi connectivity index (χ0n) is 9.94. The van der Waals surface area contributed by atoms with Crippen LogP contribution in [-0.2, 0) is 0 Å². The van der Waals surface area contributed by atoms with Crippen LogP contribution in [0.4, 0.5) is 13.2 Å². The highest BCUT2D eigenvalue weighted by molar-refractivity contribution is 5.94. The second kappa shape index (κ2) is 4.44. The summed E-state index contributed by atoms with van der Waals surface area (Å²) in [5, 5.41) is 0. The Hall–Kier alpha value is -1.85. The van der Waals surface area contributed by atoms with Crippen molar-refractivity contribution in [2.75, 3.05) is 0 Å². The van der Waals surface area contributed by atoms with Crippen molar-refractivity contribution in [1.82, 2.24) is 9.55 Å². The third kappa shape index (κ3) is 2.52. The number of imidazole rings is 1. The number of alkyl halides is 3. The van der Waals surface area contributed by atoms with Gasteiger partial charge in [0.25, 0.3) is 0 Å². The summed E-state index contributed by atoms with van der Waals surface area (Å²) in [5.41, 5.74) is 1.27. The summed E-state index contributed by atoms with van der Waals surface area (Å²) in [5.74, 6) is -0.416. The minimum absolute atomic E-state index is 0.0591. The van der Waals surface area contributed by atoms with Gasteiger partial charge in [-0.1, -0.05) is 26.0 Å². The molecule has 0 N–H and O–H groups in total. The molecule has 1 heterocycles. The van der Waals surface area contributed by atoms with Gasteiger partial charge in [0.05, 0.1) is 11.0 Å². The van der Waals surface area contributed by atoms with Gasteiger partial charge < -0.3 is 0 Å². The first kappa shape index (κ1) is 12.6. The highest BCUT2D eigenvalue weighted by Gasteiger charge is 2.29. The molecule has 2 aromatic rings. The standard InChI is InChI=1S/C12H12F3N3/c1-8(2)11(17-12(13,14)15)18-7-16-9-5-3-4-6-10(9)18/h3-8H,1-2H3/b17-11+. The molecule has 2 rings (SSSR count). The molecule has 0 radical (unpaired) electrons. The van der Waals surface area contributed by atoms with Crippen molar-refractivity contribution in [2.45, 2.75) is 20.1 Å². The second-order valence-corrected chi connectivity index (χ2v) is 4.20. The van der Waals surface area contributed by atoms with E-state index in [-0.39, 0.29) is 11.8 Å². The molecule has 0 saturated heterocycles. The fraction of sp³-hybridized carbons (Fsp3) is 0.333. The number of para-hydroxylation sites is 2. The third-order valence-electron chi connectivity index (χ3n) is 2.46. The van der Waals surface area contributed by atoms with E-state index in [1.165, 1.54) is 10.9 Å². The van der Waals surface area contributed by atoms with E-state index in [1.807, 2.05) is 0 Å². The number of aliphatic imine (C=N–C) groups is 1. The summed E-state index contributed by atoms with van der Waals surface area (Å²) in [4.78, 5) is 6.91. The molecule has 0 aliphatic carbocycles. The quantitative estimate of drug-likeness (QED) is 0.436. The van der Waals surface area contributed by atoms with Crippen molar-refractivity contribution in [1.29, 1.82) is 0 Å². The van der Waals surface area contributed by atoms with E-state index in [2.05, 4.69) is 9.98 Å². The number of benzene rings is 1. The minimum atomic E-state index is -4.58. The SMILES string of the molecule is CC(C)/C(=N\C(F)(F)F)n1cnc2ccccc21. The van der Waals surface area contributed by atoms with Gasteiger partial charge in [-0.15, -0.1) is 13.2 Å². The van der Waals surface area contributed by atoms with E-state index < -0.39 is 6.30 Å². The van der Waals surface area contributed by atoms with Gasteiger partial charge >= 0.3 is 6.30 Å². The van der Waals surface area contributed by atoms with E-state index in [9.17, 15) is 13.2 Å². The van der Waals surface area contributed by atoms with Crippen molar-refractivity contribution in [2.24, 2.45) is 10.9 Å². The lowest BCUT2D eigenvalue weighted by Gasteiger charge is -2.13. The summed E-state index contributed by atoms with van der Waals surface area (Å²) < 4.78 is 38.7. The molecule has 0 saturated carbocycles. The van der Waals surface area contributed by atoms with Gasteiger partial charge in [0, 0.05) is 5.92 Å². The lowest BCUT2D eigenvalue weighted by Crippen LogP contribution is -2.21. The summed E-state index contributed by atoms with van der Waals surface area (Å²) in [7, 11) is 0. The number of hydrogen-bond acceptors (Lipinski definition) is 2. The monoisotopic (exact) mass is 255 g/mol. The van der Waals surface area contributed by atoms with Gasteiger partial charge in [-0.25, -0.2) is 4.98 Å². The van der Waals surface area contributed by atoms with Crippen molar-refractivity contribution >= 4 is 16.9 Å². The molecule has 0 fully saturated rings. The van der Waals surface area contributed by atoms with Crippen LogP contribution in [-0.4, -0.2) is 21.7 Å². The Bertz CT molecular complexity index is 582. The largest absolute Gasteiger partial charge is 0.504 e. The molecular weight excluding hydrogens is 243 g/mol. The highest BCUT2D eigenvalue weighted by Crippen LogP contribution is 2.21.